The quantitative estimate of drug-likeness (QED) is 0.730. The molecule has 2 aromatic rings. The predicted molar refractivity (Wildman–Crippen MR) is 111 cm³/mol. The number of rotatable bonds is 4. The fourth-order valence-corrected chi connectivity index (χ4v) is 8.20. The topological polar surface area (TPSA) is 66.8 Å². The van der Waals surface area contributed by atoms with Crippen molar-refractivity contribution in [2.45, 2.75) is 24.3 Å². The smallest absolute Gasteiger partial charge is 0.253 e. The van der Waals surface area contributed by atoms with Crippen LogP contribution >= 0.6 is 34.7 Å². The first-order chi connectivity index (χ1) is 12.9. The third-order valence-corrected chi connectivity index (χ3v) is 9.09. The maximum absolute atomic E-state index is 12.4. The summed E-state index contributed by atoms with van der Waals surface area (Å²) in [4.78, 5) is 19.6. The number of hydrogen-bond donors (Lipinski definition) is 0. The normalized spacial score (nSPS) is 25.1. The van der Waals surface area contributed by atoms with Gasteiger partial charge in [-0.1, -0.05) is 47.6 Å². The minimum absolute atomic E-state index is 0.0905. The molecule has 0 spiro atoms. The van der Waals surface area contributed by atoms with Crippen molar-refractivity contribution in [3.8, 4) is 0 Å². The van der Waals surface area contributed by atoms with Crippen LogP contribution in [0.25, 0.3) is 0 Å². The first kappa shape index (κ1) is 19.0. The van der Waals surface area contributed by atoms with Crippen molar-refractivity contribution in [1.29, 1.82) is 0 Å². The molecule has 142 valence electrons. The van der Waals surface area contributed by atoms with Crippen LogP contribution < -0.4 is 0 Å². The molecule has 5 nitrogen and oxygen atoms in total. The Hall–Kier alpha value is -1.35. The van der Waals surface area contributed by atoms with Crippen LogP contribution in [0.5, 0.6) is 0 Å². The van der Waals surface area contributed by atoms with Crippen LogP contribution in [0.4, 0.5) is 0 Å². The standard InChI is InChI=1S/C18H17ClN2O3S3/c19-14-6-2-1-4-12(14)9-21-15-10-27(23,24)11-16(15)26-18(21)20-17(22)8-13-5-3-7-25-13/h1-7,15-16H,8-11H2/t15-,16+/m0/s1. The van der Waals surface area contributed by atoms with E-state index in [1.165, 1.54) is 23.1 Å². The molecule has 0 N–H and O–H groups in total. The Morgan fingerprint density at radius 1 is 1.22 bits per heavy atom. The van der Waals surface area contributed by atoms with E-state index < -0.39 is 9.84 Å². The van der Waals surface area contributed by atoms with Crippen LogP contribution in [0.2, 0.25) is 5.02 Å². The third kappa shape index (κ3) is 4.23. The van der Waals surface area contributed by atoms with Crippen LogP contribution in [-0.4, -0.2) is 47.2 Å². The molecule has 0 radical (unpaired) electrons. The van der Waals surface area contributed by atoms with Gasteiger partial charge in [0, 0.05) is 21.7 Å². The van der Waals surface area contributed by atoms with Gasteiger partial charge in [-0.15, -0.1) is 11.3 Å². The second kappa shape index (κ2) is 7.58. The Labute approximate surface area is 171 Å². The van der Waals surface area contributed by atoms with Crippen LogP contribution in [0.15, 0.2) is 46.8 Å². The molecule has 2 atom stereocenters. The largest absolute Gasteiger partial charge is 0.342 e. The number of carbonyl (C=O) groups excluding carboxylic acids is 1. The lowest BCUT2D eigenvalue weighted by molar-refractivity contribution is -0.117. The summed E-state index contributed by atoms with van der Waals surface area (Å²) in [6.45, 7) is 0.439. The van der Waals surface area contributed by atoms with Gasteiger partial charge in [0.2, 0.25) is 0 Å². The second-order valence-corrected chi connectivity index (χ2v) is 11.4. The van der Waals surface area contributed by atoms with Gasteiger partial charge in [0.25, 0.3) is 5.91 Å². The predicted octanol–water partition coefficient (Wildman–Crippen LogP) is 3.24. The Kier molecular flexibility index (Phi) is 5.33. The van der Waals surface area contributed by atoms with Crippen LogP contribution in [-0.2, 0) is 27.6 Å². The van der Waals surface area contributed by atoms with Crippen LogP contribution in [0.1, 0.15) is 10.4 Å². The van der Waals surface area contributed by atoms with Crippen molar-refractivity contribution in [1.82, 2.24) is 4.90 Å². The lowest BCUT2D eigenvalue weighted by Crippen LogP contribution is -2.37. The second-order valence-electron chi connectivity index (χ2n) is 6.56. The summed E-state index contributed by atoms with van der Waals surface area (Å²) in [5, 5.41) is 3.06. The van der Waals surface area contributed by atoms with E-state index in [1.807, 2.05) is 46.7 Å². The van der Waals surface area contributed by atoms with Crippen molar-refractivity contribution in [3.63, 3.8) is 0 Å². The molecule has 2 aliphatic rings. The zero-order valence-electron chi connectivity index (χ0n) is 14.2. The number of benzene rings is 1. The van der Waals surface area contributed by atoms with Crippen molar-refractivity contribution in [2.24, 2.45) is 4.99 Å². The highest BCUT2D eigenvalue weighted by Gasteiger charge is 2.48. The molecule has 9 heteroatoms. The number of thiophene rings is 1. The van der Waals surface area contributed by atoms with Gasteiger partial charge in [0.15, 0.2) is 15.0 Å². The first-order valence-corrected chi connectivity index (χ1v) is 12.4. The summed E-state index contributed by atoms with van der Waals surface area (Å²) in [7, 11) is -3.07. The molecule has 3 heterocycles. The van der Waals surface area contributed by atoms with E-state index in [0.29, 0.717) is 16.7 Å². The van der Waals surface area contributed by atoms with Crippen LogP contribution in [0, 0.1) is 0 Å². The summed E-state index contributed by atoms with van der Waals surface area (Å²) in [6.07, 6.45) is 0.259. The summed E-state index contributed by atoms with van der Waals surface area (Å²) in [5.41, 5.74) is 0.892. The molecule has 0 aliphatic carbocycles. The van der Waals surface area contributed by atoms with E-state index in [0.717, 1.165) is 10.4 Å². The van der Waals surface area contributed by atoms with Crippen molar-refractivity contribution < 1.29 is 13.2 Å². The molecule has 1 amide bonds. The minimum atomic E-state index is -3.07. The Morgan fingerprint density at radius 3 is 2.78 bits per heavy atom. The van der Waals surface area contributed by atoms with E-state index in [2.05, 4.69) is 4.99 Å². The summed E-state index contributed by atoms with van der Waals surface area (Å²) in [5.74, 6) is -0.000773. The van der Waals surface area contributed by atoms with Crippen molar-refractivity contribution in [3.05, 3.63) is 57.2 Å². The van der Waals surface area contributed by atoms with Gasteiger partial charge in [-0.05, 0) is 23.1 Å². The summed E-state index contributed by atoms with van der Waals surface area (Å²) >= 11 is 9.21. The SMILES string of the molecule is O=C(Cc1cccs1)N=C1S[C@@H]2CS(=O)(=O)C[C@@H]2N1Cc1ccccc1Cl. The number of carbonyl (C=O) groups is 1. The highest BCUT2D eigenvalue weighted by atomic mass is 35.5. The maximum Gasteiger partial charge on any atom is 0.253 e. The first-order valence-electron chi connectivity index (χ1n) is 8.42. The monoisotopic (exact) mass is 440 g/mol. The molecule has 0 unspecified atom stereocenters. The highest BCUT2D eigenvalue weighted by Crippen LogP contribution is 2.39. The number of aliphatic imine (C=N–C) groups is 1. The van der Waals surface area contributed by atoms with Crippen molar-refractivity contribution in [2.75, 3.05) is 11.5 Å². The van der Waals surface area contributed by atoms with E-state index in [9.17, 15) is 13.2 Å². The maximum atomic E-state index is 12.4. The molecular formula is C18H17ClN2O3S3. The van der Waals surface area contributed by atoms with E-state index in [-0.39, 0.29) is 35.1 Å². The fraction of sp³-hybridized carbons (Fsp3) is 0.333. The Bertz CT molecular complexity index is 989. The number of fused-ring (bicyclic) bond motifs is 1. The number of amides is 1. The zero-order valence-corrected chi connectivity index (χ0v) is 17.5. The molecule has 0 saturated carbocycles. The van der Waals surface area contributed by atoms with Gasteiger partial charge in [0.1, 0.15) is 0 Å². The lowest BCUT2D eigenvalue weighted by atomic mass is 10.1. The van der Waals surface area contributed by atoms with Crippen LogP contribution in [0.3, 0.4) is 0 Å². The number of amidine groups is 1. The number of thioether (sulfide) groups is 1. The molecule has 1 aromatic heterocycles. The molecule has 1 aromatic carbocycles. The Balaban J connectivity index is 1.60. The van der Waals surface area contributed by atoms with Crippen molar-refractivity contribution >= 4 is 55.6 Å². The molecule has 27 heavy (non-hydrogen) atoms. The fourth-order valence-electron chi connectivity index (χ4n) is 3.34. The van der Waals surface area contributed by atoms with Gasteiger partial charge in [-0.3, -0.25) is 4.79 Å². The summed E-state index contributed by atoms with van der Waals surface area (Å²) < 4.78 is 24.2. The third-order valence-electron chi connectivity index (χ3n) is 4.60. The summed E-state index contributed by atoms with van der Waals surface area (Å²) in [6, 6.07) is 11.1. The van der Waals surface area contributed by atoms with Gasteiger partial charge in [-0.25, -0.2) is 8.42 Å². The average Bonchev–Trinajstić information content (AvgIpc) is 3.27. The molecule has 0 bridgehead atoms. The molecule has 2 aliphatic heterocycles. The number of halogens is 1. The molecule has 2 fully saturated rings. The van der Waals surface area contributed by atoms with Gasteiger partial charge in [-0.2, -0.15) is 4.99 Å². The van der Waals surface area contributed by atoms with Gasteiger partial charge < -0.3 is 4.90 Å². The number of nitrogens with zero attached hydrogens (tertiary/aromatic N) is 2. The van der Waals surface area contributed by atoms with E-state index >= 15 is 0 Å². The lowest BCUT2D eigenvalue weighted by Gasteiger charge is -2.24. The van der Waals surface area contributed by atoms with E-state index in [4.69, 9.17) is 11.6 Å². The number of sulfone groups is 1. The van der Waals surface area contributed by atoms with Gasteiger partial charge in [0.05, 0.1) is 24.0 Å². The van der Waals surface area contributed by atoms with E-state index in [1.54, 1.807) is 0 Å². The minimum Gasteiger partial charge on any atom is -0.342 e. The Morgan fingerprint density at radius 2 is 2.04 bits per heavy atom. The van der Waals surface area contributed by atoms with Gasteiger partial charge >= 0.3 is 0 Å². The molecule has 2 saturated heterocycles. The average molecular weight is 441 g/mol. The highest BCUT2D eigenvalue weighted by molar-refractivity contribution is 8.15. The zero-order chi connectivity index (χ0) is 19.0. The molecule has 4 rings (SSSR count). The molecular weight excluding hydrogens is 424 g/mol. The number of hydrogen-bond acceptors (Lipinski definition) is 5.